The van der Waals surface area contributed by atoms with Crippen LogP contribution in [0.4, 0.5) is 0 Å². The van der Waals surface area contributed by atoms with Gasteiger partial charge in [-0.25, -0.2) is 0 Å². The van der Waals surface area contributed by atoms with Crippen LogP contribution in [0.5, 0.6) is 0 Å². The fourth-order valence-electron chi connectivity index (χ4n) is 1.98. The van der Waals surface area contributed by atoms with Crippen molar-refractivity contribution in [1.82, 2.24) is 5.32 Å². The maximum atomic E-state index is 10.7. The lowest BCUT2D eigenvalue weighted by Gasteiger charge is -2.40. The first-order chi connectivity index (χ1) is 8.47. The van der Waals surface area contributed by atoms with Crippen LogP contribution >= 0.6 is 0 Å². The van der Waals surface area contributed by atoms with E-state index in [2.05, 4.69) is 5.32 Å². The highest BCUT2D eigenvalue weighted by molar-refractivity contribution is 5.72. The highest BCUT2D eigenvalue weighted by atomic mass is 16.5. The van der Waals surface area contributed by atoms with Gasteiger partial charge in [-0.3, -0.25) is 4.79 Å². The molecular formula is C11H21NO6. The van der Waals surface area contributed by atoms with E-state index >= 15 is 0 Å². The molecule has 1 fully saturated rings. The van der Waals surface area contributed by atoms with Crippen molar-refractivity contribution in [3.05, 3.63) is 0 Å². The van der Waals surface area contributed by atoms with Crippen molar-refractivity contribution in [3.8, 4) is 0 Å². The molecule has 7 nitrogen and oxygen atoms in total. The van der Waals surface area contributed by atoms with Crippen LogP contribution < -0.4 is 5.32 Å². The summed E-state index contributed by atoms with van der Waals surface area (Å²) in [5.41, 5.74) is 0. The van der Waals surface area contributed by atoms with Gasteiger partial charge in [0.2, 0.25) is 5.91 Å². The number of aliphatic hydroxyl groups is 4. The maximum Gasteiger partial charge on any atom is 0.216 e. The molecule has 1 heterocycles. The van der Waals surface area contributed by atoms with Crippen LogP contribution in [0.25, 0.3) is 0 Å². The minimum absolute atomic E-state index is 0.135. The average molecular weight is 263 g/mol. The topological polar surface area (TPSA) is 119 Å². The molecule has 0 saturated carbocycles. The van der Waals surface area contributed by atoms with Crippen molar-refractivity contribution in [3.63, 3.8) is 0 Å². The molecule has 1 rings (SSSR count). The van der Waals surface area contributed by atoms with Crippen LogP contribution in [0.2, 0.25) is 0 Å². The summed E-state index contributed by atoms with van der Waals surface area (Å²) in [5, 5.41) is 40.4. The number of carbonyl (C=O) groups excluding carboxylic acids is 1. The smallest absolute Gasteiger partial charge is 0.216 e. The van der Waals surface area contributed by atoms with Gasteiger partial charge < -0.3 is 30.5 Å². The predicted molar refractivity (Wildman–Crippen MR) is 61.7 cm³/mol. The quantitative estimate of drug-likeness (QED) is 0.357. The first kappa shape index (κ1) is 15.3. The third kappa shape index (κ3) is 3.89. The number of hydrogen-bond donors (Lipinski definition) is 5. The predicted octanol–water partition coefficient (Wildman–Crippen LogP) is -2.25. The van der Waals surface area contributed by atoms with Gasteiger partial charge in [-0.15, -0.1) is 0 Å². The van der Waals surface area contributed by atoms with Crippen molar-refractivity contribution < 1.29 is 30.0 Å². The molecule has 0 aromatic heterocycles. The van der Waals surface area contributed by atoms with Gasteiger partial charge in [-0.2, -0.15) is 0 Å². The Balaban J connectivity index is 2.41. The fraction of sp³-hybridized carbons (Fsp3) is 0.909. The van der Waals surface area contributed by atoms with E-state index < -0.39 is 37.1 Å². The van der Waals surface area contributed by atoms with Crippen LogP contribution in [-0.4, -0.2) is 70.0 Å². The molecule has 18 heavy (non-hydrogen) atoms. The van der Waals surface area contributed by atoms with Crippen LogP contribution in [0.3, 0.4) is 0 Å². The summed E-state index contributed by atoms with van der Waals surface area (Å²) in [7, 11) is 0. The maximum absolute atomic E-state index is 10.7. The van der Waals surface area contributed by atoms with Gasteiger partial charge in [0, 0.05) is 13.5 Å². The third-order valence-corrected chi connectivity index (χ3v) is 3.03. The zero-order chi connectivity index (χ0) is 13.7. The third-order valence-electron chi connectivity index (χ3n) is 3.03. The van der Waals surface area contributed by atoms with Gasteiger partial charge in [0.1, 0.15) is 24.4 Å². The second-order valence-corrected chi connectivity index (χ2v) is 4.49. The van der Waals surface area contributed by atoms with E-state index in [0.29, 0.717) is 19.4 Å². The summed E-state index contributed by atoms with van der Waals surface area (Å²) < 4.78 is 5.31. The molecule has 0 radical (unpaired) electrons. The van der Waals surface area contributed by atoms with Crippen LogP contribution in [-0.2, 0) is 9.53 Å². The van der Waals surface area contributed by atoms with E-state index in [0.717, 1.165) is 0 Å². The average Bonchev–Trinajstić information content (AvgIpc) is 2.34. The van der Waals surface area contributed by atoms with Crippen molar-refractivity contribution >= 4 is 5.91 Å². The number of aliphatic hydroxyl groups excluding tert-OH is 4. The van der Waals surface area contributed by atoms with E-state index in [1.165, 1.54) is 6.92 Å². The van der Waals surface area contributed by atoms with E-state index in [1.807, 2.05) is 0 Å². The molecule has 1 amide bonds. The lowest BCUT2D eigenvalue weighted by Crippen LogP contribution is -2.58. The first-order valence-electron chi connectivity index (χ1n) is 6.02. The molecule has 1 aliphatic heterocycles. The second kappa shape index (κ2) is 7.01. The minimum atomic E-state index is -1.33. The van der Waals surface area contributed by atoms with Crippen LogP contribution in [0.1, 0.15) is 19.8 Å². The summed E-state index contributed by atoms with van der Waals surface area (Å²) in [4.78, 5) is 10.7. The molecule has 7 heteroatoms. The summed E-state index contributed by atoms with van der Waals surface area (Å²) in [6.45, 7) is 1.44. The molecule has 1 aliphatic rings. The SMILES string of the molecule is CC(=O)NCCC[C@H]1O[C@H](CO)[C@@H](O)[C@H](O)[C@@H]1O. The van der Waals surface area contributed by atoms with E-state index in [1.54, 1.807) is 0 Å². The van der Waals surface area contributed by atoms with Gasteiger partial charge in [-0.1, -0.05) is 0 Å². The Morgan fingerprint density at radius 3 is 2.33 bits per heavy atom. The lowest BCUT2D eigenvalue weighted by molar-refractivity contribution is -0.230. The van der Waals surface area contributed by atoms with Gasteiger partial charge in [-0.05, 0) is 12.8 Å². The van der Waals surface area contributed by atoms with Gasteiger partial charge in [0.25, 0.3) is 0 Å². The normalized spacial score (nSPS) is 36.4. The lowest BCUT2D eigenvalue weighted by atomic mass is 9.93. The van der Waals surface area contributed by atoms with Crippen LogP contribution in [0.15, 0.2) is 0 Å². The molecule has 0 aromatic carbocycles. The van der Waals surface area contributed by atoms with Crippen molar-refractivity contribution in [2.75, 3.05) is 13.2 Å². The van der Waals surface area contributed by atoms with Crippen LogP contribution in [0, 0.1) is 0 Å². The fourth-order valence-corrected chi connectivity index (χ4v) is 1.98. The Hall–Kier alpha value is -0.730. The van der Waals surface area contributed by atoms with Gasteiger partial charge in [0.15, 0.2) is 0 Å². The highest BCUT2D eigenvalue weighted by Crippen LogP contribution is 2.23. The van der Waals surface area contributed by atoms with Gasteiger partial charge >= 0.3 is 0 Å². The van der Waals surface area contributed by atoms with Gasteiger partial charge in [0.05, 0.1) is 12.7 Å². The minimum Gasteiger partial charge on any atom is -0.394 e. The standard InChI is InChI=1S/C11H21NO6/c1-6(14)12-4-2-3-7-9(15)11(17)10(16)8(5-13)18-7/h7-11,13,15-17H,2-5H2,1H3,(H,12,14)/t7-,8-,9-,10-,11-/m1/s1. The molecule has 0 spiro atoms. The number of hydrogen-bond acceptors (Lipinski definition) is 6. The first-order valence-corrected chi connectivity index (χ1v) is 6.02. The number of ether oxygens (including phenoxy) is 1. The van der Waals surface area contributed by atoms with E-state index in [-0.39, 0.29) is 5.91 Å². The zero-order valence-electron chi connectivity index (χ0n) is 10.3. The Labute approximate surface area is 105 Å². The number of carbonyl (C=O) groups is 1. The molecule has 1 saturated heterocycles. The number of nitrogens with one attached hydrogen (secondary N) is 1. The Morgan fingerprint density at radius 2 is 1.78 bits per heavy atom. The number of amides is 1. The Bertz CT molecular complexity index is 272. The summed E-state index contributed by atoms with van der Waals surface area (Å²) in [6, 6.07) is 0. The van der Waals surface area contributed by atoms with Crippen molar-refractivity contribution in [2.45, 2.75) is 50.3 Å². The summed E-state index contributed by atoms with van der Waals surface area (Å²) in [6.07, 6.45) is -4.38. The number of rotatable bonds is 5. The monoisotopic (exact) mass is 263 g/mol. The highest BCUT2D eigenvalue weighted by Gasteiger charge is 2.42. The van der Waals surface area contributed by atoms with E-state index in [4.69, 9.17) is 9.84 Å². The second-order valence-electron chi connectivity index (χ2n) is 4.49. The summed E-state index contributed by atoms with van der Waals surface area (Å²) in [5.74, 6) is -0.135. The molecule has 5 N–H and O–H groups in total. The molecule has 0 aromatic rings. The molecule has 106 valence electrons. The summed E-state index contributed by atoms with van der Waals surface area (Å²) >= 11 is 0. The zero-order valence-corrected chi connectivity index (χ0v) is 10.3. The Morgan fingerprint density at radius 1 is 1.17 bits per heavy atom. The molecule has 0 bridgehead atoms. The van der Waals surface area contributed by atoms with Crippen molar-refractivity contribution in [1.29, 1.82) is 0 Å². The molecule has 0 unspecified atom stereocenters. The molecular weight excluding hydrogens is 242 g/mol. The van der Waals surface area contributed by atoms with Crippen molar-refractivity contribution in [2.24, 2.45) is 0 Å². The van der Waals surface area contributed by atoms with E-state index in [9.17, 15) is 20.1 Å². The largest absolute Gasteiger partial charge is 0.394 e. The Kier molecular flexibility index (Phi) is 5.97. The molecule has 5 atom stereocenters. The molecule has 0 aliphatic carbocycles.